The van der Waals surface area contributed by atoms with Gasteiger partial charge >= 0.3 is 0 Å². The summed E-state index contributed by atoms with van der Waals surface area (Å²) in [5.74, 6) is -0.0344. The average molecular weight is 481 g/mol. The third-order valence-corrected chi connectivity index (χ3v) is 6.67. The summed E-state index contributed by atoms with van der Waals surface area (Å²) < 4.78 is 0. The van der Waals surface area contributed by atoms with Gasteiger partial charge in [-0.2, -0.15) is 0 Å². The van der Waals surface area contributed by atoms with Gasteiger partial charge in [0.25, 0.3) is 0 Å². The second-order valence-corrected chi connectivity index (χ2v) is 9.27. The highest BCUT2D eigenvalue weighted by atomic mass is 35.5. The molecule has 0 unspecified atom stereocenters. The normalized spacial score (nSPS) is 11.6. The zero-order valence-electron chi connectivity index (χ0n) is 19.0. The van der Waals surface area contributed by atoms with Crippen LogP contribution >= 0.6 is 23.4 Å². The maximum absolute atomic E-state index is 13.5. The predicted octanol–water partition coefficient (Wildman–Crippen LogP) is 5.52. The molecule has 0 radical (unpaired) electrons. The molecule has 0 saturated heterocycles. The molecule has 0 aromatic heterocycles. The van der Waals surface area contributed by atoms with Gasteiger partial charge in [0.1, 0.15) is 6.04 Å². The molecule has 0 saturated carbocycles. The maximum atomic E-state index is 13.5. The largest absolute Gasteiger partial charge is 0.355 e. The molecule has 4 nitrogen and oxygen atoms in total. The first kappa shape index (κ1) is 24.9. The summed E-state index contributed by atoms with van der Waals surface area (Å²) in [6.07, 6.45) is 0.429. The van der Waals surface area contributed by atoms with Gasteiger partial charge in [-0.05, 0) is 43.2 Å². The van der Waals surface area contributed by atoms with Crippen LogP contribution in [0.5, 0.6) is 0 Å². The van der Waals surface area contributed by atoms with Gasteiger partial charge in [-0.15, -0.1) is 11.8 Å². The molecule has 172 valence electrons. The molecule has 0 aliphatic carbocycles. The third-order valence-electron chi connectivity index (χ3n) is 5.30. The van der Waals surface area contributed by atoms with Crippen LogP contribution in [0.25, 0.3) is 0 Å². The lowest BCUT2D eigenvalue weighted by molar-refractivity contribution is -0.139. The van der Waals surface area contributed by atoms with E-state index in [0.717, 1.165) is 16.0 Å². The van der Waals surface area contributed by atoms with Crippen LogP contribution in [0.3, 0.4) is 0 Å². The van der Waals surface area contributed by atoms with E-state index in [1.165, 1.54) is 17.3 Å². The standard InChI is InChI=1S/C27H29ClN2O2S/c1-3-29-27(32)25(17-21-9-5-4-6-10-21)30(18-22-11-7-8-12-24(22)28)26(31)19-33-23-15-13-20(2)14-16-23/h4-16,25H,3,17-19H2,1-2H3,(H,29,32)/t25-/m1/s1. The van der Waals surface area contributed by atoms with Crippen molar-refractivity contribution in [3.8, 4) is 0 Å². The lowest BCUT2D eigenvalue weighted by Crippen LogP contribution is -2.51. The highest BCUT2D eigenvalue weighted by Crippen LogP contribution is 2.23. The second kappa shape index (κ2) is 12.5. The third kappa shape index (κ3) is 7.37. The number of amides is 2. The smallest absolute Gasteiger partial charge is 0.243 e. The number of carbonyl (C=O) groups excluding carboxylic acids is 2. The molecule has 0 bridgehead atoms. The van der Waals surface area contributed by atoms with E-state index in [4.69, 9.17) is 11.6 Å². The molecule has 6 heteroatoms. The van der Waals surface area contributed by atoms with Crippen LogP contribution in [0.1, 0.15) is 23.6 Å². The minimum atomic E-state index is -0.644. The van der Waals surface area contributed by atoms with E-state index >= 15 is 0 Å². The molecule has 2 amide bonds. The van der Waals surface area contributed by atoms with Crippen LogP contribution in [0.4, 0.5) is 0 Å². The lowest BCUT2D eigenvalue weighted by Gasteiger charge is -2.31. The topological polar surface area (TPSA) is 49.4 Å². The molecule has 0 heterocycles. The number of nitrogens with one attached hydrogen (secondary N) is 1. The van der Waals surface area contributed by atoms with E-state index in [-0.39, 0.29) is 24.1 Å². The number of hydrogen-bond acceptors (Lipinski definition) is 3. The molecule has 0 spiro atoms. The highest BCUT2D eigenvalue weighted by molar-refractivity contribution is 8.00. The van der Waals surface area contributed by atoms with Gasteiger partial charge in [0.15, 0.2) is 0 Å². The molecule has 33 heavy (non-hydrogen) atoms. The van der Waals surface area contributed by atoms with Crippen LogP contribution < -0.4 is 5.32 Å². The first-order valence-corrected chi connectivity index (χ1v) is 12.4. The van der Waals surface area contributed by atoms with Gasteiger partial charge in [0.2, 0.25) is 11.8 Å². The molecule has 1 N–H and O–H groups in total. The molecule has 3 aromatic carbocycles. The van der Waals surface area contributed by atoms with E-state index in [0.29, 0.717) is 18.0 Å². The average Bonchev–Trinajstić information content (AvgIpc) is 2.82. The van der Waals surface area contributed by atoms with Crippen molar-refractivity contribution in [2.45, 2.75) is 37.8 Å². The molecule has 3 aromatic rings. The number of benzene rings is 3. The van der Waals surface area contributed by atoms with Crippen LogP contribution in [-0.2, 0) is 22.6 Å². The van der Waals surface area contributed by atoms with E-state index in [9.17, 15) is 9.59 Å². The Labute approximate surface area is 205 Å². The van der Waals surface area contributed by atoms with Gasteiger partial charge < -0.3 is 10.2 Å². The number of likely N-dealkylation sites (N-methyl/N-ethyl adjacent to an activating group) is 1. The van der Waals surface area contributed by atoms with E-state index < -0.39 is 6.04 Å². The molecule has 1 atom stereocenters. The Balaban J connectivity index is 1.89. The van der Waals surface area contributed by atoms with Crippen molar-refractivity contribution in [2.24, 2.45) is 0 Å². The molecule has 0 aliphatic heterocycles. The summed E-state index contributed by atoms with van der Waals surface area (Å²) >= 11 is 7.90. The number of carbonyl (C=O) groups is 2. The first-order chi connectivity index (χ1) is 16.0. The Hall–Kier alpha value is -2.76. The Morgan fingerprint density at radius 2 is 1.64 bits per heavy atom. The highest BCUT2D eigenvalue weighted by Gasteiger charge is 2.30. The number of rotatable bonds is 10. The Morgan fingerprint density at radius 3 is 2.30 bits per heavy atom. The van der Waals surface area contributed by atoms with Crippen molar-refractivity contribution in [1.29, 1.82) is 0 Å². The summed E-state index contributed by atoms with van der Waals surface area (Å²) in [5, 5.41) is 3.49. The monoisotopic (exact) mass is 480 g/mol. The predicted molar refractivity (Wildman–Crippen MR) is 137 cm³/mol. The Morgan fingerprint density at radius 1 is 0.970 bits per heavy atom. The summed E-state index contributed by atoms with van der Waals surface area (Å²) in [4.78, 5) is 29.3. The zero-order chi connectivity index (χ0) is 23.6. The van der Waals surface area contributed by atoms with Crippen molar-refractivity contribution >= 4 is 35.2 Å². The molecular formula is C27H29ClN2O2S. The fraction of sp³-hybridized carbons (Fsp3) is 0.259. The fourth-order valence-corrected chi connectivity index (χ4v) is 4.50. The van der Waals surface area contributed by atoms with Crippen molar-refractivity contribution in [3.05, 3.63) is 101 Å². The first-order valence-electron chi connectivity index (χ1n) is 11.0. The van der Waals surface area contributed by atoms with E-state index in [1.807, 2.05) is 86.6 Å². The zero-order valence-corrected chi connectivity index (χ0v) is 20.5. The van der Waals surface area contributed by atoms with Crippen LogP contribution in [0, 0.1) is 6.92 Å². The van der Waals surface area contributed by atoms with Crippen LogP contribution in [0.2, 0.25) is 5.02 Å². The van der Waals surface area contributed by atoms with Gasteiger partial charge in [0, 0.05) is 29.4 Å². The van der Waals surface area contributed by atoms with E-state index in [2.05, 4.69) is 5.32 Å². The molecular weight excluding hydrogens is 452 g/mol. The molecule has 3 rings (SSSR count). The number of aryl methyl sites for hydroxylation is 1. The number of halogens is 1. The van der Waals surface area contributed by atoms with Crippen molar-refractivity contribution < 1.29 is 9.59 Å². The molecule has 0 fully saturated rings. The number of hydrogen-bond donors (Lipinski definition) is 1. The number of nitrogens with zero attached hydrogens (tertiary/aromatic N) is 1. The summed E-state index contributed by atoms with van der Waals surface area (Å²) in [6.45, 7) is 4.67. The van der Waals surface area contributed by atoms with Crippen LogP contribution in [0.15, 0.2) is 83.8 Å². The van der Waals surface area contributed by atoms with E-state index in [1.54, 1.807) is 11.0 Å². The minimum Gasteiger partial charge on any atom is -0.355 e. The van der Waals surface area contributed by atoms with Crippen molar-refractivity contribution in [3.63, 3.8) is 0 Å². The van der Waals surface area contributed by atoms with Crippen LogP contribution in [-0.4, -0.2) is 35.1 Å². The minimum absolute atomic E-state index is 0.104. The summed E-state index contributed by atoms with van der Waals surface area (Å²) in [5.41, 5.74) is 2.98. The van der Waals surface area contributed by atoms with Gasteiger partial charge in [-0.3, -0.25) is 9.59 Å². The second-order valence-electron chi connectivity index (χ2n) is 7.81. The van der Waals surface area contributed by atoms with Gasteiger partial charge in [-0.1, -0.05) is 77.8 Å². The quantitative estimate of drug-likeness (QED) is 0.389. The lowest BCUT2D eigenvalue weighted by atomic mass is 10.0. The van der Waals surface area contributed by atoms with Gasteiger partial charge in [-0.25, -0.2) is 0 Å². The fourth-order valence-electron chi connectivity index (χ4n) is 3.52. The summed E-state index contributed by atoms with van der Waals surface area (Å²) in [7, 11) is 0. The Bertz CT molecular complexity index is 1060. The summed E-state index contributed by atoms with van der Waals surface area (Å²) in [6, 6.07) is 24.7. The van der Waals surface area contributed by atoms with Gasteiger partial charge in [0.05, 0.1) is 5.75 Å². The van der Waals surface area contributed by atoms with Crippen molar-refractivity contribution in [2.75, 3.05) is 12.3 Å². The van der Waals surface area contributed by atoms with Crippen molar-refractivity contribution in [1.82, 2.24) is 10.2 Å². The number of thioether (sulfide) groups is 1. The SMILES string of the molecule is CCNC(=O)[C@@H](Cc1ccccc1)N(Cc1ccccc1Cl)C(=O)CSc1ccc(C)cc1. The molecule has 0 aliphatic rings. The Kier molecular flexibility index (Phi) is 9.40. The maximum Gasteiger partial charge on any atom is 0.243 e.